The van der Waals surface area contributed by atoms with E-state index in [1.54, 1.807) is 12.1 Å². The second kappa shape index (κ2) is 3.17. The van der Waals surface area contributed by atoms with Crippen LogP contribution in [-0.2, 0) is 5.41 Å². The van der Waals surface area contributed by atoms with Gasteiger partial charge in [0.15, 0.2) is 0 Å². The van der Waals surface area contributed by atoms with E-state index in [0.717, 1.165) is 24.8 Å². The lowest BCUT2D eigenvalue weighted by molar-refractivity contribution is 0.117. The largest absolute Gasteiger partial charge is 0.508 e. The highest BCUT2D eigenvalue weighted by Crippen LogP contribution is 2.46. The van der Waals surface area contributed by atoms with Crippen molar-refractivity contribution in [3.05, 3.63) is 23.8 Å². The van der Waals surface area contributed by atoms with Crippen LogP contribution in [0.15, 0.2) is 18.2 Å². The van der Waals surface area contributed by atoms with Crippen molar-refractivity contribution in [2.75, 3.05) is 6.61 Å². The van der Waals surface area contributed by atoms with Crippen LogP contribution in [0.3, 0.4) is 0 Å². The van der Waals surface area contributed by atoms with Crippen molar-refractivity contribution in [1.82, 2.24) is 0 Å². The molecule has 3 N–H and O–H groups in total. The molecule has 3 nitrogen and oxygen atoms in total. The minimum absolute atomic E-state index is 0.0543. The SMILES string of the molecule is OCC1(c2ccc(O)cc2O)CCC1. The zero-order valence-electron chi connectivity index (χ0n) is 7.90. The molecule has 1 fully saturated rings. The van der Waals surface area contributed by atoms with Gasteiger partial charge in [-0.3, -0.25) is 0 Å². The minimum atomic E-state index is -0.266. The normalized spacial score (nSPS) is 18.9. The van der Waals surface area contributed by atoms with Crippen LogP contribution in [0.5, 0.6) is 11.5 Å². The van der Waals surface area contributed by atoms with Gasteiger partial charge in [0, 0.05) is 17.0 Å². The van der Waals surface area contributed by atoms with Gasteiger partial charge in [-0.15, -0.1) is 0 Å². The summed E-state index contributed by atoms with van der Waals surface area (Å²) in [5.41, 5.74) is 0.488. The number of aliphatic hydroxyl groups excluding tert-OH is 1. The topological polar surface area (TPSA) is 60.7 Å². The summed E-state index contributed by atoms with van der Waals surface area (Å²) >= 11 is 0. The van der Waals surface area contributed by atoms with Gasteiger partial charge in [0.25, 0.3) is 0 Å². The Kier molecular flexibility index (Phi) is 2.11. The molecular weight excluding hydrogens is 180 g/mol. The van der Waals surface area contributed by atoms with Gasteiger partial charge in [0.05, 0.1) is 6.61 Å². The summed E-state index contributed by atoms with van der Waals surface area (Å²) in [6.07, 6.45) is 2.89. The summed E-state index contributed by atoms with van der Waals surface area (Å²) in [6.45, 7) is 0.0608. The van der Waals surface area contributed by atoms with E-state index in [-0.39, 0.29) is 23.5 Å². The third kappa shape index (κ3) is 1.24. The molecule has 76 valence electrons. The van der Waals surface area contributed by atoms with E-state index in [0.29, 0.717) is 0 Å². The first-order chi connectivity index (χ1) is 6.68. The molecule has 1 aromatic rings. The zero-order valence-corrected chi connectivity index (χ0v) is 7.90. The van der Waals surface area contributed by atoms with Crippen molar-refractivity contribution in [2.24, 2.45) is 0 Å². The maximum atomic E-state index is 9.65. The second-order valence-electron chi connectivity index (χ2n) is 3.99. The molecular formula is C11H14O3. The fourth-order valence-corrected chi connectivity index (χ4v) is 2.08. The molecule has 0 aromatic heterocycles. The molecule has 0 aliphatic heterocycles. The highest BCUT2D eigenvalue weighted by Gasteiger charge is 2.39. The van der Waals surface area contributed by atoms with Crippen LogP contribution in [0.1, 0.15) is 24.8 Å². The fourth-order valence-electron chi connectivity index (χ4n) is 2.08. The first kappa shape index (κ1) is 9.34. The Morgan fingerprint density at radius 1 is 1.21 bits per heavy atom. The average Bonchev–Trinajstić information content (AvgIpc) is 2.07. The molecule has 1 aromatic carbocycles. The molecule has 1 aliphatic rings. The summed E-state index contributed by atoms with van der Waals surface area (Å²) < 4.78 is 0. The third-order valence-electron chi connectivity index (χ3n) is 3.17. The number of hydrogen-bond donors (Lipinski definition) is 3. The van der Waals surface area contributed by atoms with Crippen molar-refractivity contribution < 1.29 is 15.3 Å². The van der Waals surface area contributed by atoms with E-state index in [1.165, 1.54) is 6.07 Å². The molecule has 0 atom stereocenters. The van der Waals surface area contributed by atoms with Gasteiger partial charge in [0.2, 0.25) is 0 Å². The molecule has 1 saturated carbocycles. The Bertz CT molecular complexity index is 337. The van der Waals surface area contributed by atoms with Crippen molar-refractivity contribution in [1.29, 1.82) is 0 Å². The predicted octanol–water partition coefficient (Wildman–Crippen LogP) is 1.51. The molecule has 0 unspecified atom stereocenters. The second-order valence-corrected chi connectivity index (χ2v) is 3.99. The standard InChI is InChI=1S/C11H14O3/c12-7-11(4-1-5-11)9-3-2-8(13)6-10(9)14/h2-3,6,12-14H,1,4-5,7H2. The van der Waals surface area contributed by atoms with Crippen molar-refractivity contribution >= 4 is 0 Å². The van der Waals surface area contributed by atoms with Gasteiger partial charge in [-0.05, 0) is 18.9 Å². The van der Waals surface area contributed by atoms with Crippen LogP contribution >= 0.6 is 0 Å². The minimum Gasteiger partial charge on any atom is -0.508 e. The Morgan fingerprint density at radius 3 is 2.36 bits per heavy atom. The first-order valence-electron chi connectivity index (χ1n) is 4.81. The maximum absolute atomic E-state index is 9.65. The molecule has 0 saturated heterocycles. The Balaban J connectivity index is 2.40. The van der Waals surface area contributed by atoms with Crippen molar-refractivity contribution in [3.8, 4) is 11.5 Å². The number of rotatable bonds is 2. The Morgan fingerprint density at radius 2 is 1.93 bits per heavy atom. The van der Waals surface area contributed by atoms with Gasteiger partial charge in [-0.25, -0.2) is 0 Å². The van der Waals surface area contributed by atoms with Gasteiger partial charge in [0.1, 0.15) is 11.5 Å². The molecule has 0 heterocycles. The smallest absolute Gasteiger partial charge is 0.123 e. The van der Waals surface area contributed by atoms with Crippen LogP contribution in [-0.4, -0.2) is 21.9 Å². The first-order valence-corrected chi connectivity index (χ1v) is 4.81. The molecule has 14 heavy (non-hydrogen) atoms. The van der Waals surface area contributed by atoms with Crippen LogP contribution in [0, 0.1) is 0 Å². The molecule has 0 bridgehead atoms. The lowest BCUT2D eigenvalue weighted by Gasteiger charge is -2.41. The number of aromatic hydroxyl groups is 2. The molecule has 3 heteroatoms. The van der Waals surface area contributed by atoms with E-state index in [2.05, 4.69) is 0 Å². The summed E-state index contributed by atoms with van der Waals surface area (Å²) in [7, 11) is 0. The highest BCUT2D eigenvalue weighted by molar-refractivity contribution is 5.44. The number of aliphatic hydroxyl groups is 1. The Labute approximate surface area is 82.6 Å². The quantitative estimate of drug-likeness (QED) is 0.668. The van der Waals surface area contributed by atoms with E-state index >= 15 is 0 Å². The van der Waals surface area contributed by atoms with Crippen LogP contribution in [0.4, 0.5) is 0 Å². The van der Waals surface area contributed by atoms with E-state index < -0.39 is 0 Å². The molecule has 2 rings (SSSR count). The van der Waals surface area contributed by atoms with Gasteiger partial charge in [-0.1, -0.05) is 12.5 Å². The van der Waals surface area contributed by atoms with Crippen molar-refractivity contribution in [2.45, 2.75) is 24.7 Å². The van der Waals surface area contributed by atoms with E-state index in [4.69, 9.17) is 5.11 Å². The molecule has 1 aliphatic carbocycles. The predicted molar refractivity (Wildman–Crippen MR) is 52.4 cm³/mol. The number of benzene rings is 1. The van der Waals surface area contributed by atoms with Crippen LogP contribution in [0.25, 0.3) is 0 Å². The average molecular weight is 194 g/mol. The summed E-state index contributed by atoms with van der Waals surface area (Å²) in [6, 6.07) is 4.57. The summed E-state index contributed by atoms with van der Waals surface area (Å²) in [5.74, 6) is 0.136. The van der Waals surface area contributed by atoms with Crippen LogP contribution < -0.4 is 0 Å². The number of hydrogen-bond acceptors (Lipinski definition) is 3. The third-order valence-corrected chi connectivity index (χ3v) is 3.17. The lowest BCUT2D eigenvalue weighted by Crippen LogP contribution is -2.37. The van der Waals surface area contributed by atoms with Gasteiger partial charge < -0.3 is 15.3 Å². The maximum Gasteiger partial charge on any atom is 0.123 e. The Hall–Kier alpha value is -1.22. The number of phenolic OH excluding ortho intramolecular Hbond substituents is 2. The van der Waals surface area contributed by atoms with Gasteiger partial charge in [-0.2, -0.15) is 0 Å². The lowest BCUT2D eigenvalue weighted by atomic mass is 9.65. The fraction of sp³-hybridized carbons (Fsp3) is 0.455. The zero-order chi connectivity index (χ0) is 10.2. The molecule has 0 spiro atoms. The summed E-state index contributed by atoms with van der Waals surface area (Å²) in [5, 5.41) is 28.1. The summed E-state index contributed by atoms with van der Waals surface area (Å²) in [4.78, 5) is 0. The van der Waals surface area contributed by atoms with Crippen LogP contribution in [0.2, 0.25) is 0 Å². The highest BCUT2D eigenvalue weighted by atomic mass is 16.3. The number of phenols is 2. The van der Waals surface area contributed by atoms with Gasteiger partial charge >= 0.3 is 0 Å². The van der Waals surface area contributed by atoms with Crippen molar-refractivity contribution in [3.63, 3.8) is 0 Å². The molecule has 0 radical (unpaired) electrons. The monoisotopic (exact) mass is 194 g/mol. The van der Waals surface area contributed by atoms with E-state index in [9.17, 15) is 10.2 Å². The van der Waals surface area contributed by atoms with E-state index in [1.807, 2.05) is 0 Å². The molecule has 0 amide bonds.